The molecule has 1 unspecified atom stereocenters. The van der Waals surface area contributed by atoms with E-state index in [1.807, 2.05) is 19.3 Å². The summed E-state index contributed by atoms with van der Waals surface area (Å²) in [5.41, 5.74) is 1.29. The Labute approximate surface area is 174 Å². The van der Waals surface area contributed by atoms with Crippen molar-refractivity contribution >= 4 is 16.7 Å². The van der Waals surface area contributed by atoms with Gasteiger partial charge in [0.05, 0.1) is 0 Å². The minimum atomic E-state index is 0.236. The van der Waals surface area contributed by atoms with Crippen molar-refractivity contribution in [1.29, 1.82) is 0 Å². The Balaban J connectivity index is 1.27. The zero-order valence-corrected chi connectivity index (χ0v) is 17.1. The number of ether oxygens (including phenoxy) is 2. The minimum Gasteiger partial charge on any atom is -0.462 e. The number of imidazole rings is 1. The van der Waals surface area contributed by atoms with Crippen LogP contribution in [0.1, 0.15) is 5.56 Å². The van der Waals surface area contributed by atoms with E-state index in [-0.39, 0.29) is 5.92 Å². The zero-order chi connectivity index (χ0) is 19.9. The highest BCUT2D eigenvalue weighted by Gasteiger charge is 2.20. The maximum atomic E-state index is 5.64. The summed E-state index contributed by atoms with van der Waals surface area (Å²) in [6, 6.07) is 10.5. The molecule has 29 heavy (non-hydrogen) atoms. The van der Waals surface area contributed by atoms with Crippen molar-refractivity contribution in [1.82, 2.24) is 24.2 Å². The lowest BCUT2D eigenvalue weighted by molar-refractivity contribution is 0.0704. The Morgan fingerprint density at radius 3 is 2.97 bits per heavy atom. The molecule has 2 aromatic heterocycles. The number of benzene rings is 1. The molecule has 0 spiro atoms. The average Bonchev–Trinajstić information content (AvgIpc) is 3.51. The fraction of sp³-hybridized carbons (Fsp3) is 0.350. The van der Waals surface area contributed by atoms with Crippen molar-refractivity contribution in [2.75, 3.05) is 38.4 Å². The molecule has 0 aliphatic carbocycles. The van der Waals surface area contributed by atoms with Gasteiger partial charge in [0.15, 0.2) is 0 Å². The van der Waals surface area contributed by atoms with Gasteiger partial charge in [-0.25, -0.2) is 4.98 Å². The molecule has 1 aliphatic rings. The van der Waals surface area contributed by atoms with Gasteiger partial charge in [0, 0.05) is 56.5 Å². The lowest BCUT2D eigenvalue weighted by atomic mass is 9.97. The van der Waals surface area contributed by atoms with Gasteiger partial charge in [0.2, 0.25) is 17.9 Å². The highest BCUT2D eigenvalue weighted by Crippen LogP contribution is 2.22. The van der Waals surface area contributed by atoms with Crippen molar-refractivity contribution < 1.29 is 9.47 Å². The van der Waals surface area contributed by atoms with Gasteiger partial charge in [-0.2, -0.15) is 9.36 Å². The van der Waals surface area contributed by atoms with Crippen LogP contribution in [0, 0.1) is 5.92 Å². The third-order valence-electron chi connectivity index (χ3n) is 4.70. The lowest BCUT2D eigenvalue weighted by Crippen LogP contribution is -2.33. The van der Waals surface area contributed by atoms with Crippen LogP contribution in [-0.4, -0.2) is 52.4 Å². The third-order valence-corrected chi connectivity index (χ3v) is 5.52. The summed E-state index contributed by atoms with van der Waals surface area (Å²) in [5.74, 6) is 1.79. The van der Waals surface area contributed by atoms with E-state index < -0.39 is 0 Å². The van der Waals surface area contributed by atoms with Crippen molar-refractivity contribution in [2.24, 2.45) is 5.92 Å². The smallest absolute Gasteiger partial charge is 0.248 e. The standard InChI is InChI=1S/C20H24N6O2S/c1-25(20-23-19(24-29-20)26-10-8-22-14-26)9-7-21-12-17(18-13-27-15-28-18)11-16-5-3-2-4-6-16/h2-6,8,10,13-14,17,21H,7,9,11-12,15H2,1H3. The van der Waals surface area contributed by atoms with E-state index in [9.17, 15) is 0 Å². The van der Waals surface area contributed by atoms with Gasteiger partial charge in [-0.1, -0.05) is 30.3 Å². The summed E-state index contributed by atoms with van der Waals surface area (Å²) in [6.07, 6.45) is 7.89. The molecule has 1 atom stereocenters. The highest BCUT2D eigenvalue weighted by atomic mass is 32.1. The van der Waals surface area contributed by atoms with Crippen molar-refractivity contribution in [3.05, 3.63) is 66.6 Å². The second-order valence-electron chi connectivity index (χ2n) is 6.81. The summed E-state index contributed by atoms with van der Waals surface area (Å²) < 4.78 is 17.1. The molecule has 0 fully saturated rings. The zero-order valence-electron chi connectivity index (χ0n) is 16.3. The molecule has 8 nitrogen and oxygen atoms in total. The molecule has 152 valence electrons. The van der Waals surface area contributed by atoms with Gasteiger partial charge >= 0.3 is 0 Å². The van der Waals surface area contributed by atoms with Crippen molar-refractivity contribution in [3.63, 3.8) is 0 Å². The molecule has 4 rings (SSSR count). The van der Waals surface area contributed by atoms with Gasteiger partial charge < -0.3 is 19.7 Å². The number of hydrogen-bond acceptors (Lipinski definition) is 8. The number of anilines is 1. The number of rotatable bonds is 10. The Bertz CT molecular complexity index is 912. The Morgan fingerprint density at radius 1 is 1.31 bits per heavy atom. The van der Waals surface area contributed by atoms with Crippen molar-refractivity contribution in [3.8, 4) is 5.95 Å². The minimum absolute atomic E-state index is 0.236. The fourth-order valence-electron chi connectivity index (χ4n) is 3.10. The first-order valence-corrected chi connectivity index (χ1v) is 10.3. The highest BCUT2D eigenvalue weighted by molar-refractivity contribution is 7.09. The monoisotopic (exact) mass is 412 g/mol. The van der Waals surface area contributed by atoms with Gasteiger partial charge in [-0.05, 0) is 12.0 Å². The molecule has 3 heterocycles. The molecule has 1 aliphatic heterocycles. The van der Waals surface area contributed by atoms with Crippen LogP contribution in [0.2, 0.25) is 0 Å². The maximum Gasteiger partial charge on any atom is 0.248 e. The maximum absolute atomic E-state index is 5.64. The molecular formula is C20H24N6O2S. The van der Waals surface area contributed by atoms with Crippen molar-refractivity contribution in [2.45, 2.75) is 6.42 Å². The van der Waals surface area contributed by atoms with E-state index in [4.69, 9.17) is 9.47 Å². The van der Waals surface area contributed by atoms with Crippen LogP contribution in [0.5, 0.6) is 0 Å². The van der Waals surface area contributed by atoms with Gasteiger partial charge in [0.1, 0.15) is 18.3 Å². The van der Waals surface area contributed by atoms with Gasteiger partial charge in [0.25, 0.3) is 0 Å². The Kier molecular flexibility index (Phi) is 6.38. The molecule has 0 radical (unpaired) electrons. The van der Waals surface area contributed by atoms with E-state index >= 15 is 0 Å². The summed E-state index contributed by atoms with van der Waals surface area (Å²) >= 11 is 1.39. The molecular weight excluding hydrogens is 388 g/mol. The molecule has 9 heteroatoms. The number of likely N-dealkylation sites (N-methyl/N-ethyl adjacent to an activating group) is 1. The van der Waals surface area contributed by atoms with E-state index in [0.29, 0.717) is 12.7 Å². The van der Waals surface area contributed by atoms with Crippen LogP contribution in [0.15, 0.2) is 61.1 Å². The van der Waals surface area contributed by atoms with E-state index in [1.54, 1.807) is 23.4 Å². The summed E-state index contributed by atoms with van der Waals surface area (Å²) in [6.45, 7) is 2.77. The largest absolute Gasteiger partial charge is 0.462 e. The molecule has 3 aromatic rings. The second-order valence-corrected chi connectivity index (χ2v) is 7.54. The SMILES string of the molecule is CN(CCNCC(Cc1ccccc1)C1=COCO1)c1nc(-n2ccnc2)ns1. The van der Waals surface area contributed by atoms with E-state index in [1.165, 1.54) is 17.1 Å². The Hall–Kier alpha value is -2.91. The number of nitrogens with one attached hydrogen (secondary N) is 1. The van der Waals surface area contributed by atoms with Crippen LogP contribution in [0.4, 0.5) is 5.13 Å². The lowest BCUT2D eigenvalue weighted by Gasteiger charge is -2.19. The van der Waals surface area contributed by atoms with E-state index in [0.717, 1.165) is 36.9 Å². The molecule has 0 saturated heterocycles. The number of nitrogens with zero attached hydrogens (tertiary/aromatic N) is 5. The van der Waals surface area contributed by atoms with Gasteiger partial charge in [-0.3, -0.25) is 4.57 Å². The predicted octanol–water partition coefficient (Wildman–Crippen LogP) is 2.45. The third kappa shape index (κ3) is 5.12. The summed E-state index contributed by atoms with van der Waals surface area (Å²) in [7, 11) is 2.03. The molecule has 0 amide bonds. The predicted molar refractivity (Wildman–Crippen MR) is 112 cm³/mol. The van der Waals surface area contributed by atoms with Crippen LogP contribution < -0.4 is 10.2 Å². The quantitative estimate of drug-likeness (QED) is 0.513. The summed E-state index contributed by atoms with van der Waals surface area (Å²) in [5, 5.41) is 4.42. The number of aromatic nitrogens is 4. The van der Waals surface area contributed by atoms with Crippen LogP contribution >= 0.6 is 11.5 Å². The van der Waals surface area contributed by atoms with Gasteiger partial charge in [-0.15, -0.1) is 0 Å². The molecule has 1 aromatic carbocycles. The Morgan fingerprint density at radius 2 is 2.21 bits per heavy atom. The first-order chi connectivity index (χ1) is 14.3. The number of hydrogen-bond donors (Lipinski definition) is 1. The molecule has 1 N–H and O–H groups in total. The first kappa shape index (κ1) is 19.4. The fourth-order valence-corrected chi connectivity index (χ4v) is 3.75. The first-order valence-electron chi connectivity index (χ1n) is 9.52. The summed E-state index contributed by atoms with van der Waals surface area (Å²) in [4.78, 5) is 10.7. The van der Waals surface area contributed by atoms with E-state index in [2.05, 4.69) is 48.8 Å². The van der Waals surface area contributed by atoms with Crippen LogP contribution in [0.25, 0.3) is 5.95 Å². The topological polar surface area (TPSA) is 77.3 Å². The van der Waals surface area contributed by atoms with Crippen LogP contribution in [0.3, 0.4) is 0 Å². The second kappa shape index (κ2) is 9.53. The average molecular weight is 413 g/mol. The normalized spacial score (nSPS) is 14.2. The molecule has 0 bridgehead atoms. The van der Waals surface area contributed by atoms with Crippen LogP contribution in [-0.2, 0) is 15.9 Å². The molecule has 0 saturated carbocycles.